The Kier molecular flexibility index (Phi) is 5.81. The van der Waals surface area contributed by atoms with Crippen molar-refractivity contribution >= 4 is 35.2 Å². The third-order valence-electron chi connectivity index (χ3n) is 6.64. The van der Waals surface area contributed by atoms with Crippen molar-refractivity contribution in [2.24, 2.45) is 5.41 Å². The normalized spacial score (nSPS) is 23.2. The fourth-order valence-corrected chi connectivity index (χ4v) is 5.75. The number of amides is 4. The number of urea groups is 1. The van der Waals surface area contributed by atoms with Crippen molar-refractivity contribution in [3.8, 4) is 0 Å². The number of thiophene rings is 1. The second-order valence-electron chi connectivity index (χ2n) is 8.61. The first kappa shape index (κ1) is 20.8. The number of carbonyl (C=O) groups is 4. The van der Waals surface area contributed by atoms with E-state index in [2.05, 4.69) is 0 Å². The maximum absolute atomic E-state index is 13.0. The third-order valence-corrected chi connectivity index (χ3v) is 7.58. The highest BCUT2D eigenvalue weighted by Gasteiger charge is 2.49. The highest BCUT2D eigenvalue weighted by Crippen LogP contribution is 2.44. The van der Waals surface area contributed by atoms with E-state index in [0.29, 0.717) is 26.1 Å². The van der Waals surface area contributed by atoms with Gasteiger partial charge in [-0.05, 0) is 36.1 Å². The molecule has 1 atom stereocenters. The van der Waals surface area contributed by atoms with Crippen LogP contribution in [0.5, 0.6) is 0 Å². The molecule has 2 saturated heterocycles. The van der Waals surface area contributed by atoms with E-state index in [-0.39, 0.29) is 37.2 Å². The molecule has 0 radical (unpaired) electrons. The standard InChI is InChI=1S/C21H27N3O5S/c25-17(12-21(13-18(26)27)6-1-2-7-21)22-9-10-23-16(14-22)19(28)24(20(23)29)8-5-15-4-3-11-30-15/h3-4,11,16H,1-2,5-10,12-14H2,(H,26,27)/t16-/m0/s1. The van der Waals surface area contributed by atoms with Gasteiger partial charge < -0.3 is 14.9 Å². The van der Waals surface area contributed by atoms with E-state index in [1.807, 2.05) is 17.5 Å². The molecule has 0 aromatic carbocycles. The number of fused-ring (bicyclic) bond motifs is 1. The summed E-state index contributed by atoms with van der Waals surface area (Å²) in [7, 11) is 0. The quantitative estimate of drug-likeness (QED) is 0.665. The minimum atomic E-state index is -0.868. The highest BCUT2D eigenvalue weighted by molar-refractivity contribution is 7.09. The summed E-state index contributed by atoms with van der Waals surface area (Å²) in [5.74, 6) is -1.21. The van der Waals surface area contributed by atoms with Gasteiger partial charge in [0, 0.05) is 30.9 Å². The minimum Gasteiger partial charge on any atom is -0.481 e. The summed E-state index contributed by atoms with van der Waals surface area (Å²) in [6.45, 7) is 1.27. The topological polar surface area (TPSA) is 98.2 Å². The van der Waals surface area contributed by atoms with E-state index in [9.17, 15) is 24.3 Å². The summed E-state index contributed by atoms with van der Waals surface area (Å²) in [6, 6.07) is 3.03. The first-order chi connectivity index (χ1) is 14.4. The summed E-state index contributed by atoms with van der Waals surface area (Å²) in [4.78, 5) is 55.5. The molecule has 3 heterocycles. The van der Waals surface area contributed by atoms with Crippen molar-refractivity contribution < 1.29 is 24.3 Å². The lowest BCUT2D eigenvalue weighted by Crippen LogP contribution is -2.55. The molecule has 1 aromatic heterocycles. The van der Waals surface area contributed by atoms with E-state index < -0.39 is 17.4 Å². The molecule has 4 amide bonds. The molecule has 30 heavy (non-hydrogen) atoms. The largest absolute Gasteiger partial charge is 0.481 e. The van der Waals surface area contributed by atoms with E-state index in [1.165, 1.54) is 4.90 Å². The summed E-state index contributed by atoms with van der Waals surface area (Å²) in [6.07, 6.45) is 4.25. The van der Waals surface area contributed by atoms with Gasteiger partial charge in [-0.25, -0.2) is 4.79 Å². The van der Waals surface area contributed by atoms with Crippen LogP contribution >= 0.6 is 11.3 Å². The maximum atomic E-state index is 13.0. The Balaban J connectivity index is 1.38. The van der Waals surface area contributed by atoms with Crippen LogP contribution in [0.1, 0.15) is 43.4 Å². The van der Waals surface area contributed by atoms with Crippen LogP contribution in [-0.4, -0.2) is 75.8 Å². The maximum Gasteiger partial charge on any atom is 0.327 e. The van der Waals surface area contributed by atoms with Crippen molar-refractivity contribution in [2.45, 2.75) is 51.0 Å². The van der Waals surface area contributed by atoms with Crippen molar-refractivity contribution in [3.63, 3.8) is 0 Å². The smallest absolute Gasteiger partial charge is 0.327 e. The van der Waals surface area contributed by atoms with Crippen LogP contribution < -0.4 is 0 Å². The molecule has 3 aliphatic rings. The van der Waals surface area contributed by atoms with E-state index >= 15 is 0 Å². The average molecular weight is 434 g/mol. The number of carboxylic acids is 1. The SMILES string of the molecule is O=C(O)CC1(CC(=O)N2CCN3C(=O)N(CCc4cccs4)C(=O)[C@@H]3C2)CCCC1. The third kappa shape index (κ3) is 4.08. The fraction of sp³-hybridized carbons (Fsp3) is 0.619. The van der Waals surface area contributed by atoms with Gasteiger partial charge in [0.1, 0.15) is 6.04 Å². The van der Waals surface area contributed by atoms with Gasteiger partial charge in [-0.1, -0.05) is 18.9 Å². The second-order valence-corrected chi connectivity index (χ2v) is 9.64. The Morgan fingerprint density at radius 2 is 1.93 bits per heavy atom. The van der Waals surface area contributed by atoms with Crippen LogP contribution in [0.25, 0.3) is 0 Å². The van der Waals surface area contributed by atoms with E-state index in [0.717, 1.165) is 30.6 Å². The molecular weight excluding hydrogens is 406 g/mol. The van der Waals surface area contributed by atoms with Gasteiger partial charge in [0.05, 0.1) is 13.0 Å². The molecule has 1 aromatic rings. The molecule has 3 fully saturated rings. The van der Waals surface area contributed by atoms with Gasteiger partial charge in [-0.15, -0.1) is 11.3 Å². The molecule has 1 N–H and O–H groups in total. The van der Waals surface area contributed by atoms with Crippen molar-refractivity contribution in [1.82, 2.24) is 14.7 Å². The number of nitrogens with zero attached hydrogens (tertiary/aromatic N) is 3. The molecule has 0 bridgehead atoms. The lowest BCUT2D eigenvalue weighted by atomic mass is 9.79. The zero-order valence-corrected chi connectivity index (χ0v) is 17.7. The number of piperazine rings is 1. The second kappa shape index (κ2) is 8.37. The molecule has 1 aliphatic carbocycles. The summed E-state index contributed by atoms with van der Waals surface area (Å²) in [5.41, 5.74) is -0.470. The highest BCUT2D eigenvalue weighted by atomic mass is 32.1. The van der Waals surface area contributed by atoms with E-state index in [1.54, 1.807) is 21.1 Å². The van der Waals surface area contributed by atoms with E-state index in [4.69, 9.17) is 0 Å². The average Bonchev–Trinajstić information content (AvgIpc) is 3.43. The van der Waals surface area contributed by atoms with Crippen LogP contribution in [-0.2, 0) is 20.8 Å². The van der Waals surface area contributed by atoms with Gasteiger partial charge in [0.25, 0.3) is 5.91 Å². The lowest BCUT2D eigenvalue weighted by molar-refractivity contribution is -0.142. The molecule has 1 saturated carbocycles. The van der Waals surface area contributed by atoms with Crippen molar-refractivity contribution in [1.29, 1.82) is 0 Å². The Bertz CT molecular complexity index is 834. The summed E-state index contributed by atoms with van der Waals surface area (Å²) in [5, 5.41) is 11.2. The predicted octanol–water partition coefficient (Wildman–Crippen LogP) is 2.19. The Morgan fingerprint density at radius 1 is 1.17 bits per heavy atom. The first-order valence-electron chi connectivity index (χ1n) is 10.5. The minimum absolute atomic E-state index is 0.00997. The number of hydrogen-bond acceptors (Lipinski definition) is 5. The van der Waals surface area contributed by atoms with Crippen molar-refractivity contribution in [3.05, 3.63) is 22.4 Å². The number of imide groups is 1. The molecule has 4 rings (SSSR count). The zero-order valence-electron chi connectivity index (χ0n) is 16.9. The molecule has 9 heteroatoms. The Hall–Kier alpha value is -2.42. The predicted molar refractivity (Wildman–Crippen MR) is 110 cm³/mol. The number of aliphatic carboxylic acids is 1. The summed E-state index contributed by atoms with van der Waals surface area (Å²) >= 11 is 1.60. The van der Waals surface area contributed by atoms with Gasteiger partial charge in [-0.2, -0.15) is 0 Å². The van der Waals surface area contributed by atoms with Gasteiger partial charge >= 0.3 is 12.0 Å². The molecule has 8 nitrogen and oxygen atoms in total. The first-order valence-corrected chi connectivity index (χ1v) is 11.4. The molecule has 162 valence electrons. The van der Waals surface area contributed by atoms with Gasteiger partial charge in [0.2, 0.25) is 5.91 Å². The fourth-order valence-electron chi connectivity index (χ4n) is 5.06. The number of carbonyl (C=O) groups excluding carboxylic acids is 3. The zero-order chi connectivity index (χ0) is 21.3. The van der Waals surface area contributed by atoms with Crippen LogP contribution in [0.2, 0.25) is 0 Å². The number of rotatable bonds is 7. The molecule has 0 unspecified atom stereocenters. The number of carboxylic acid groups (broad SMARTS) is 1. The van der Waals surface area contributed by atoms with Crippen molar-refractivity contribution in [2.75, 3.05) is 26.2 Å². The molecular formula is C21H27N3O5S. The monoisotopic (exact) mass is 433 g/mol. The number of hydrogen-bond donors (Lipinski definition) is 1. The molecule has 0 spiro atoms. The summed E-state index contributed by atoms with van der Waals surface area (Å²) < 4.78 is 0. The van der Waals surface area contributed by atoms with Crippen LogP contribution in [0.15, 0.2) is 17.5 Å². The Morgan fingerprint density at radius 3 is 2.60 bits per heavy atom. The Labute approximate surface area is 179 Å². The van der Waals surface area contributed by atoms with Crippen LogP contribution in [0.3, 0.4) is 0 Å². The van der Waals surface area contributed by atoms with Crippen LogP contribution in [0.4, 0.5) is 4.79 Å². The lowest BCUT2D eigenvalue weighted by Gasteiger charge is -2.37. The van der Waals surface area contributed by atoms with Crippen LogP contribution in [0, 0.1) is 5.41 Å². The van der Waals surface area contributed by atoms with Gasteiger partial charge in [-0.3, -0.25) is 19.3 Å². The molecule has 2 aliphatic heterocycles. The van der Waals surface area contributed by atoms with Gasteiger partial charge in [0.15, 0.2) is 0 Å².